The van der Waals surface area contributed by atoms with Crippen LogP contribution in [-0.2, 0) is 0 Å². The summed E-state index contributed by atoms with van der Waals surface area (Å²) in [6.07, 6.45) is 1.83. The molecule has 5 heteroatoms. The summed E-state index contributed by atoms with van der Waals surface area (Å²) in [5.74, 6) is 0.664. The van der Waals surface area contributed by atoms with E-state index < -0.39 is 0 Å². The molecule has 0 N–H and O–H groups in total. The van der Waals surface area contributed by atoms with E-state index in [0.29, 0.717) is 17.0 Å². The number of ketones is 1. The Morgan fingerprint density at radius 3 is 2.81 bits per heavy atom. The predicted molar refractivity (Wildman–Crippen MR) is 84.9 cm³/mol. The van der Waals surface area contributed by atoms with Crippen LogP contribution >= 0.6 is 15.9 Å². The number of carbonyl (C=O) groups excluding carboxylic acids is 1. The highest BCUT2D eigenvalue weighted by Gasteiger charge is 2.20. The fourth-order valence-corrected chi connectivity index (χ4v) is 2.76. The first kappa shape index (κ1) is 13.8. The van der Waals surface area contributed by atoms with E-state index in [2.05, 4.69) is 21.0 Å². The zero-order valence-electron chi connectivity index (χ0n) is 11.6. The Balaban J connectivity index is 2.37. The SMILES string of the molecule is COc1ccc(Br)cc1-c1nn2ccccc2c1C(C)=O. The Kier molecular flexibility index (Phi) is 3.51. The first-order valence-corrected chi connectivity index (χ1v) is 7.23. The fraction of sp³-hybridized carbons (Fsp3) is 0.125. The molecule has 2 aromatic heterocycles. The summed E-state index contributed by atoms with van der Waals surface area (Å²) in [6.45, 7) is 1.55. The zero-order chi connectivity index (χ0) is 15.0. The molecule has 0 radical (unpaired) electrons. The molecule has 4 nitrogen and oxygen atoms in total. The fourth-order valence-electron chi connectivity index (χ4n) is 2.40. The van der Waals surface area contributed by atoms with Gasteiger partial charge in [-0.15, -0.1) is 0 Å². The number of aromatic nitrogens is 2. The van der Waals surface area contributed by atoms with Crippen molar-refractivity contribution in [2.24, 2.45) is 0 Å². The molecule has 0 spiro atoms. The molecule has 2 heterocycles. The zero-order valence-corrected chi connectivity index (χ0v) is 13.2. The van der Waals surface area contributed by atoms with Crippen LogP contribution in [0.15, 0.2) is 47.1 Å². The summed E-state index contributed by atoms with van der Waals surface area (Å²) >= 11 is 3.45. The average molecular weight is 345 g/mol. The van der Waals surface area contributed by atoms with Crippen LogP contribution < -0.4 is 4.74 Å². The van der Waals surface area contributed by atoms with Gasteiger partial charge in [0.15, 0.2) is 5.78 Å². The summed E-state index contributed by atoms with van der Waals surface area (Å²) in [6, 6.07) is 11.3. The van der Waals surface area contributed by atoms with Gasteiger partial charge >= 0.3 is 0 Å². The van der Waals surface area contributed by atoms with Gasteiger partial charge in [-0.25, -0.2) is 4.52 Å². The van der Waals surface area contributed by atoms with Gasteiger partial charge in [0.1, 0.15) is 11.4 Å². The molecule has 0 amide bonds. The normalized spacial score (nSPS) is 10.8. The summed E-state index contributed by atoms with van der Waals surface area (Å²) in [5, 5.41) is 4.55. The van der Waals surface area contributed by atoms with Crippen molar-refractivity contribution in [2.75, 3.05) is 7.11 Å². The topological polar surface area (TPSA) is 43.6 Å². The maximum Gasteiger partial charge on any atom is 0.164 e. The number of fused-ring (bicyclic) bond motifs is 1. The number of hydrogen-bond acceptors (Lipinski definition) is 3. The number of ether oxygens (including phenoxy) is 1. The van der Waals surface area contributed by atoms with Crippen LogP contribution in [0.3, 0.4) is 0 Å². The van der Waals surface area contributed by atoms with Crippen molar-refractivity contribution in [3.05, 3.63) is 52.6 Å². The lowest BCUT2D eigenvalue weighted by molar-refractivity contribution is 0.102. The van der Waals surface area contributed by atoms with E-state index in [4.69, 9.17) is 4.74 Å². The molecule has 0 bridgehead atoms. The molecular formula is C16H13BrN2O2. The van der Waals surface area contributed by atoms with Crippen LogP contribution in [-0.4, -0.2) is 22.5 Å². The molecule has 0 unspecified atom stereocenters. The quantitative estimate of drug-likeness (QED) is 0.675. The summed E-state index contributed by atoms with van der Waals surface area (Å²) < 4.78 is 8.03. The summed E-state index contributed by atoms with van der Waals surface area (Å²) in [5.41, 5.74) is 2.82. The monoisotopic (exact) mass is 344 g/mol. The predicted octanol–water partition coefficient (Wildman–Crippen LogP) is 3.98. The van der Waals surface area contributed by atoms with Crippen molar-refractivity contribution in [1.82, 2.24) is 9.61 Å². The highest BCUT2D eigenvalue weighted by atomic mass is 79.9. The van der Waals surface area contributed by atoms with Crippen molar-refractivity contribution in [1.29, 1.82) is 0 Å². The Hall–Kier alpha value is -2.14. The maximum atomic E-state index is 12.1. The minimum Gasteiger partial charge on any atom is -0.496 e. The average Bonchev–Trinajstić information content (AvgIpc) is 2.86. The van der Waals surface area contributed by atoms with Gasteiger partial charge < -0.3 is 4.74 Å². The van der Waals surface area contributed by atoms with Crippen molar-refractivity contribution in [2.45, 2.75) is 6.92 Å². The van der Waals surface area contributed by atoms with Gasteiger partial charge in [0, 0.05) is 16.2 Å². The van der Waals surface area contributed by atoms with E-state index >= 15 is 0 Å². The van der Waals surface area contributed by atoms with Crippen molar-refractivity contribution in [3.63, 3.8) is 0 Å². The van der Waals surface area contributed by atoms with E-state index in [9.17, 15) is 4.79 Å². The number of methoxy groups -OCH3 is 1. The number of rotatable bonds is 3. The minimum absolute atomic E-state index is 0.0202. The lowest BCUT2D eigenvalue weighted by atomic mass is 10.0. The number of carbonyl (C=O) groups is 1. The third-order valence-corrected chi connectivity index (χ3v) is 3.80. The number of pyridine rings is 1. The number of benzene rings is 1. The van der Waals surface area contributed by atoms with Crippen LogP contribution in [0.4, 0.5) is 0 Å². The van der Waals surface area contributed by atoms with Crippen LogP contribution in [0.1, 0.15) is 17.3 Å². The second kappa shape index (κ2) is 5.33. The molecule has 0 atom stereocenters. The molecule has 3 rings (SSSR count). The molecule has 0 aliphatic rings. The second-order valence-electron chi connectivity index (χ2n) is 4.65. The molecule has 0 aliphatic carbocycles. The second-order valence-corrected chi connectivity index (χ2v) is 5.57. The van der Waals surface area contributed by atoms with E-state index in [1.54, 1.807) is 18.5 Å². The third kappa shape index (κ3) is 2.34. The number of halogens is 1. The number of Topliss-reactive ketones (excluding diaryl/α,β-unsaturated/α-hetero) is 1. The van der Waals surface area contributed by atoms with E-state index in [0.717, 1.165) is 15.6 Å². The standard InChI is InChI=1S/C16H13BrN2O2/c1-10(20)15-13-5-3-4-8-19(13)18-16(15)12-9-11(17)6-7-14(12)21-2/h3-9H,1-2H3. The molecule has 21 heavy (non-hydrogen) atoms. The Labute approximate surface area is 130 Å². The lowest BCUT2D eigenvalue weighted by Crippen LogP contribution is -1.96. The molecular weight excluding hydrogens is 332 g/mol. The Bertz CT molecular complexity index is 839. The van der Waals surface area contributed by atoms with Crippen molar-refractivity contribution in [3.8, 4) is 17.0 Å². The van der Waals surface area contributed by atoms with Crippen molar-refractivity contribution >= 4 is 27.2 Å². The minimum atomic E-state index is -0.0202. The van der Waals surface area contributed by atoms with Gasteiger partial charge in [0.2, 0.25) is 0 Å². The van der Waals surface area contributed by atoms with Crippen LogP contribution in [0.5, 0.6) is 5.75 Å². The molecule has 0 saturated heterocycles. The maximum absolute atomic E-state index is 12.1. The van der Waals surface area contributed by atoms with E-state index in [-0.39, 0.29) is 5.78 Å². The first-order chi connectivity index (χ1) is 10.1. The number of hydrogen-bond donors (Lipinski definition) is 0. The molecule has 1 aromatic carbocycles. The smallest absolute Gasteiger partial charge is 0.164 e. The molecule has 3 aromatic rings. The highest BCUT2D eigenvalue weighted by Crippen LogP contribution is 2.35. The van der Waals surface area contributed by atoms with Gasteiger partial charge in [-0.05, 0) is 37.3 Å². The van der Waals surface area contributed by atoms with Crippen LogP contribution in [0.2, 0.25) is 0 Å². The molecule has 106 valence electrons. The Morgan fingerprint density at radius 2 is 2.10 bits per heavy atom. The largest absolute Gasteiger partial charge is 0.496 e. The number of nitrogens with zero attached hydrogens (tertiary/aromatic N) is 2. The summed E-state index contributed by atoms with van der Waals surface area (Å²) in [7, 11) is 1.61. The van der Waals surface area contributed by atoms with Gasteiger partial charge in [-0.3, -0.25) is 4.79 Å². The van der Waals surface area contributed by atoms with Gasteiger partial charge in [-0.2, -0.15) is 5.10 Å². The first-order valence-electron chi connectivity index (χ1n) is 6.44. The van der Waals surface area contributed by atoms with Gasteiger partial charge in [0.25, 0.3) is 0 Å². The lowest BCUT2D eigenvalue weighted by Gasteiger charge is -2.07. The van der Waals surface area contributed by atoms with Crippen LogP contribution in [0.25, 0.3) is 16.8 Å². The molecule has 0 aliphatic heterocycles. The summed E-state index contributed by atoms with van der Waals surface area (Å²) in [4.78, 5) is 12.1. The highest BCUT2D eigenvalue weighted by molar-refractivity contribution is 9.10. The van der Waals surface area contributed by atoms with E-state index in [1.165, 1.54) is 0 Å². The van der Waals surface area contributed by atoms with Crippen LogP contribution in [0, 0.1) is 0 Å². The molecule has 0 fully saturated rings. The molecule has 0 saturated carbocycles. The van der Waals surface area contributed by atoms with Gasteiger partial charge in [0.05, 0.1) is 18.2 Å². The Morgan fingerprint density at radius 1 is 1.29 bits per heavy atom. The van der Waals surface area contributed by atoms with E-state index in [1.807, 2.05) is 42.6 Å². The van der Waals surface area contributed by atoms with Crippen molar-refractivity contribution < 1.29 is 9.53 Å². The third-order valence-electron chi connectivity index (χ3n) is 3.31. The van der Waals surface area contributed by atoms with Gasteiger partial charge in [-0.1, -0.05) is 22.0 Å².